The van der Waals surface area contributed by atoms with Crippen LogP contribution < -0.4 is 4.74 Å². The molecule has 0 N–H and O–H groups in total. The number of hydrogen-bond donors (Lipinski definition) is 0. The lowest BCUT2D eigenvalue weighted by atomic mass is 10.1. The summed E-state index contributed by atoms with van der Waals surface area (Å²) in [7, 11) is 0. The molecule has 3 heterocycles. The van der Waals surface area contributed by atoms with Gasteiger partial charge < -0.3 is 14.4 Å². The molecule has 25 heavy (non-hydrogen) atoms. The van der Waals surface area contributed by atoms with Gasteiger partial charge in [-0.3, -0.25) is 9.48 Å². The molecule has 132 valence electrons. The molecule has 0 aliphatic carbocycles. The average molecular weight is 349 g/mol. The first kappa shape index (κ1) is 16.0. The molecule has 2 unspecified atom stereocenters. The number of benzene rings is 1. The molecule has 1 aromatic heterocycles. The largest absolute Gasteiger partial charge is 0.487 e. The van der Waals surface area contributed by atoms with E-state index in [1.54, 1.807) is 27.8 Å². The van der Waals surface area contributed by atoms with E-state index in [4.69, 9.17) is 9.47 Å². The fourth-order valence-electron chi connectivity index (χ4n) is 3.02. The molecule has 1 saturated heterocycles. The third kappa shape index (κ3) is 3.34. The van der Waals surface area contributed by atoms with Crippen LogP contribution in [0.15, 0.2) is 30.3 Å². The van der Waals surface area contributed by atoms with E-state index in [0.717, 1.165) is 0 Å². The van der Waals surface area contributed by atoms with E-state index >= 15 is 0 Å². The van der Waals surface area contributed by atoms with Gasteiger partial charge in [0.15, 0.2) is 0 Å². The van der Waals surface area contributed by atoms with Gasteiger partial charge in [-0.05, 0) is 18.2 Å². The molecule has 4 rings (SSSR count). The van der Waals surface area contributed by atoms with Crippen LogP contribution in [0.25, 0.3) is 0 Å². The number of fused-ring (bicyclic) bond motifs is 1. The van der Waals surface area contributed by atoms with Crippen molar-refractivity contribution in [1.29, 1.82) is 0 Å². The summed E-state index contributed by atoms with van der Waals surface area (Å²) in [4.78, 5) is 14.2. The lowest BCUT2D eigenvalue weighted by Crippen LogP contribution is -2.49. The van der Waals surface area contributed by atoms with Gasteiger partial charge in [0.25, 0.3) is 5.91 Å². The van der Waals surface area contributed by atoms with Gasteiger partial charge in [-0.25, -0.2) is 8.78 Å². The van der Waals surface area contributed by atoms with Crippen molar-refractivity contribution in [2.45, 2.75) is 32.0 Å². The van der Waals surface area contributed by atoms with Crippen LogP contribution in [0.2, 0.25) is 0 Å². The van der Waals surface area contributed by atoms with Gasteiger partial charge in [0.05, 0.1) is 12.6 Å². The van der Waals surface area contributed by atoms with Crippen molar-refractivity contribution in [3.8, 4) is 5.75 Å². The summed E-state index contributed by atoms with van der Waals surface area (Å²) in [6.45, 7) is 1.60. The van der Waals surface area contributed by atoms with E-state index in [9.17, 15) is 13.6 Å². The van der Waals surface area contributed by atoms with E-state index in [-0.39, 0.29) is 24.4 Å². The van der Waals surface area contributed by atoms with Crippen molar-refractivity contribution in [3.05, 3.63) is 47.5 Å². The highest BCUT2D eigenvalue weighted by atomic mass is 19.1. The predicted octanol–water partition coefficient (Wildman–Crippen LogP) is 2.14. The van der Waals surface area contributed by atoms with Crippen molar-refractivity contribution >= 4 is 5.91 Å². The Morgan fingerprint density at radius 1 is 1.32 bits per heavy atom. The molecule has 0 bridgehead atoms. The Hall–Kier alpha value is -2.48. The summed E-state index contributed by atoms with van der Waals surface area (Å²) < 4.78 is 38.0. The SMILES string of the molecule is O=C1c2cc(COc3cccc(F)c3)nn2CCN1CC1CC(F)O1. The topological polar surface area (TPSA) is 56.6 Å². The Balaban J connectivity index is 1.40. The van der Waals surface area contributed by atoms with Gasteiger partial charge in [-0.1, -0.05) is 6.07 Å². The van der Waals surface area contributed by atoms with E-state index in [2.05, 4.69) is 5.10 Å². The molecule has 1 amide bonds. The Labute approximate surface area is 142 Å². The molecule has 0 radical (unpaired) electrons. The first-order valence-corrected chi connectivity index (χ1v) is 8.12. The second-order valence-electron chi connectivity index (χ2n) is 6.15. The summed E-state index contributed by atoms with van der Waals surface area (Å²) >= 11 is 0. The number of carbonyl (C=O) groups is 1. The highest BCUT2D eigenvalue weighted by Crippen LogP contribution is 2.24. The van der Waals surface area contributed by atoms with Crippen LogP contribution in [0.5, 0.6) is 5.75 Å². The number of nitrogens with zero attached hydrogens (tertiary/aromatic N) is 3. The maximum Gasteiger partial charge on any atom is 0.272 e. The molecule has 2 aliphatic heterocycles. The first-order chi connectivity index (χ1) is 12.1. The summed E-state index contributed by atoms with van der Waals surface area (Å²) in [6.07, 6.45) is -1.11. The van der Waals surface area contributed by atoms with Crippen molar-refractivity contribution in [2.75, 3.05) is 13.1 Å². The van der Waals surface area contributed by atoms with Crippen LogP contribution in [0.4, 0.5) is 8.78 Å². The molecule has 2 atom stereocenters. The van der Waals surface area contributed by atoms with E-state index < -0.39 is 6.36 Å². The van der Waals surface area contributed by atoms with Crippen LogP contribution in [-0.4, -0.2) is 46.1 Å². The third-order valence-electron chi connectivity index (χ3n) is 4.31. The number of aromatic nitrogens is 2. The number of halogens is 2. The number of ether oxygens (including phenoxy) is 2. The second kappa shape index (κ2) is 6.44. The van der Waals surface area contributed by atoms with Crippen LogP contribution in [0, 0.1) is 5.82 Å². The Kier molecular flexibility index (Phi) is 4.12. The van der Waals surface area contributed by atoms with Crippen LogP contribution >= 0.6 is 0 Å². The molecular weight excluding hydrogens is 332 g/mol. The number of alkyl halides is 1. The lowest BCUT2D eigenvalue weighted by molar-refractivity contribution is -0.193. The molecule has 0 saturated carbocycles. The van der Waals surface area contributed by atoms with Gasteiger partial charge in [0, 0.05) is 25.6 Å². The van der Waals surface area contributed by atoms with Gasteiger partial charge in [0.1, 0.15) is 29.6 Å². The average Bonchev–Trinajstić information content (AvgIpc) is 2.98. The van der Waals surface area contributed by atoms with Gasteiger partial charge in [-0.15, -0.1) is 0 Å². The van der Waals surface area contributed by atoms with Gasteiger partial charge in [-0.2, -0.15) is 5.10 Å². The highest BCUT2D eigenvalue weighted by Gasteiger charge is 2.35. The zero-order valence-electron chi connectivity index (χ0n) is 13.4. The monoisotopic (exact) mass is 349 g/mol. The predicted molar refractivity (Wildman–Crippen MR) is 83.2 cm³/mol. The van der Waals surface area contributed by atoms with E-state index in [1.807, 2.05) is 0 Å². The minimum absolute atomic E-state index is 0.145. The summed E-state index contributed by atoms with van der Waals surface area (Å²) in [5.74, 6) is -0.121. The Morgan fingerprint density at radius 2 is 2.16 bits per heavy atom. The second-order valence-corrected chi connectivity index (χ2v) is 6.15. The summed E-state index contributed by atoms with van der Waals surface area (Å²) in [5, 5.41) is 4.36. The molecular formula is C17H17F2N3O3. The fourth-order valence-corrected chi connectivity index (χ4v) is 3.02. The van der Waals surface area contributed by atoms with Gasteiger partial charge >= 0.3 is 0 Å². The van der Waals surface area contributed by atoms with E-state index in [0.29, 0.717) is 43.2 Å². The zero-order valence-corrected chi connectivity index (χ0v) is 13.4. The molecule has 1 fully saturated rings. The smallest absolute Gasteiger partial charge is 0.272 e. The number of hydrogen-bond acceptors (Lipinski definition) is 4. The van der Waals surface area contributed by atoms with E-state index in [1.165, 1.54) is 12.1 Å². The first-order valence-electron chi connectivity index (χ1n) is 8.12. The molecule has 2 aliphatic rings. The standard InChI is InChI=1S/C17H17F2N3O3/c18-11-2-1-3-13(6-11)24-10-12-7-15-17(23)21(4-5-22(15)20-12)9-14-8-16(19)25-14/h1-3,6-7,14,16H,4-5,8-10H2. The molecule has 8 heteroatoms. The molecule has 2 aromatic rings. The third-order valence-corrected chi connectivity index (χ3v) is 4.31. The van der Waals surface area contributed by atoms with Crippen LogP contribution in [0.3, 0.4) is 0 Å². The maximum atomic E-state index is 13.2. The minimum Gasteiger partial charge on any atom is -0.487 e. The van der Waals surface area contributed by atoms with Crippen molar-refractivity contribution in [3.63, 3.8) is 0 Å². The summed E-state index contributed by atoms with van der Waals surface area (Å²) in [5.41, 5.74) is 1.07. The minimum atomic E-state index is -1.21. The highest BCUT2D eigenvalue weighted by molar-refractivity contribution is 5.93. The molecule has 0 spiro atoms. The number of amides is 1. The van der Waals surface area contributed by atoms with Gasteiger partial charge in [0.2, 0.25) is 6.36 Å². The zero-order chi connectivity index (χ0) is 17.4. The molecule has 6 nitrogen and oxygen atoms in total. The summed E-state index contributed by atoms with van der Waals surface area (Å²) in [6, 6.07) is 7.52. The Morgan fingerprint density at radius 3 is 2.92 bits per heavy atom. The van der Waals surface area contributed by atoms with Crippen molar-refractivity contribution < 1.29 is 23.0 Å². The maximum absolute atomic E-state index is 13.2. The van der Waals surface area contributed by atoms with Crippen LogP contribution in [0.1, 0.15) is 22.6 Å². The fraction of sp³-hybridized carbons (Fsp3) is 0.412. The number of rotatable bonds is 5. The molecule has 1 aromatic carbocycles. The normalized spacial score (nSPS) is 22.5. The number of carbonyl (C=O) groups excluding carboxylic acids is 1. The van der Waals surface area contributed by atoms with Crippen molar-refractivity contribution in [2.24, 2.45) is 0 Å². The van der Waals surface area contributed by atoms with Crippen LogP contribution in [-0.2, 0) is 17.9 Å². The quantitative estimate of drug-likeness (QED) is 0.830. The lowest BCUT2D eigenvalue weighted by Gasteiger charge is -2.36. The van der Waals surface area contributed by atoms with Crippen molar-refractivity contribution in [1.82, 2.24) is 14.7 Å². The Bertz CT molecular complexity index is 789.